The SMILES string of the molecule is CC(C)c1cc(Oc2c(Br)cc(C(=O)NS(=O)(=O)c3ccccc3CN)cc2Br)ccc1O. The largest absolute Gasteiger partial charge is 0.508 e. The van der Waals surface area contributed by atoms with Crippen LogP contribution in [0.25, 0.3) is 0 Å². The summed E-state index contributed by atoms with van der Waals surface area (Å²) in [6, 6.07) is 14.1. The summed E-state index contributed by atoms with van der Waals surface area (Å²) in [6.07, 6.45) is 0. The Kier molecular flexibility index (Phi) is 7.84. The number of ether oxygens (including phenoxy) is 1. The number of hydrogen-bond donors (Lipinski definition) is 3. The number of sulfonamides is 1. The van der Waals surface area contributed by atoms with Gasteiger partial charge in [-0.2, -0.15) is 0 Å². The molecule has 0 saturated heterocycles. The summed E-state index contributed by atoms with van der Waals surface area (Å²) in [7, 11) is -4.12. The quantitative estimate of drug-likeness (QED) is 0.335. The number of nitrogens with two attached hydrogens (primary N) is 1. The van der Waals surface area contributed by atoms with E-state index in [1.807, 2.05) is 13.8 Å². The van der Waals surface area contributed by atoms with Gasteiger partial charge in [-0.3, -0.25) is 4.79 Å². The summed E-state index contributed by atoms with van der Waals surface area (Å²) in [5, 5.41) is 10.0. The summed E-state index contributed by atoms with van der Waals surface area (Å²) in [5.41, 5.74) is 6.86. The Hall–Kier alpha value is -2.40. The van der Waals surface area contributed by atoms with E-state index in [0.717, 1.165) is 5.56 Å². The number of benzene rings is 3. The molecule has 0 atom stereocenters. The summed E-state index contributed by atoms with van der Waals surface area (Å²) in [6.45, 7) is 3.93. The van der Waals surface area contributed by atoms with E-state index in [2.05, 4.69) is 36.6 Å². The molecule has 0 saturated carbocycles. The number of phenolic OH excluding ortho intramolecular Hbond substituents is 1. The molecule has 4 N–H and O–H groups in total. The van der Waals surface area contributed by atoms with Crippen LogP contribution < -0.4 is 15.2 Å². The van der Waals surface area contributed by atoms with Crippen LogP contribution in [0.4, 0.5) is 0 Å². The van der Waals surface area contributed by atoms with Crippen molar-refractivity contribution in [2.75, 3.05) is 0 Å². The standard InChI is InChI=1S/C23H22Br2N2O5S/c1-13(2)17-11-16(7-8-20(17)28)32-22-18(24)9-15(10-19(22)25)23(29)27-33(30,31)21-6-4-3-5-14(21)12-26/h3-11,13,28H,12,26H2,1-2H3,(H,27,29). The first-order valence-electron chi connectivity index (χ1n) is 9.88. The number of halogens is 2. The molecular weight excluding hydrogens is 576 g/mol. The van der Waals surface area contributed by atoms with Gasteiger partial charge in [-0.05, 0) is 79.7 Å². The number of amides is 1. The second-order valence-corrected chi connectivity index (χ2v) is 10.9. The fraction of sp³-hybridized carbons (Fsp3) is 0.174. The molecule has 3 aromatic rings. The third-order valence-corrected chi connectivity index (χ3v) is 7.42. The second kappa shape index (κ2) is 10.3. The highest BCUT2D eigenvalue weighted by molar-refractivity contribution is 9.11. The van der Waals surface area contributed by atoms with Crippen molar-refractivity contribution in [3.05, 3.63) is 80.2 Å². The van der Waals surface area contributed by atoms with Crippen molar-refractivity contribution in [2.45, 2.75) is 31.2 Å². The van der Waals surface area contributed by atoms with Gasteiger partial charge in [0, 0.05) is 17.7 Å². The van der Waals surface area contributed by atoms with E-state index in [9.17, 15) is 18.3 Å². The third-order valence-electron chi connectivity index (χ3n) is 4.81. The molecule has 33 heavy (non-hydrogen) atoms. The maximum atomic E-state index is 12.7. The lowest BCUT2D eigenvalue weighted by molar-refractivity contribution is 0.0981. The second-order valence-electron chi connectivity index (χ2n) is 7.49. The molecule has 7 nitrogen and oxygen atoms in total. The Labute approximate surface area is 209 Å². The van der Waals surface area contributed by atoms with Gasteiger partial charge in [0.05, 0.1) is 13.8 Å². The van der Waals surface area contributed by atoms with Crippen molar-refractivity contribution in [3.63, 3.8) is 0 Å². The molecule has 0 fully saturated rings. The first-order chi connectivity index (χ1) is 15.5. The highest BCUT2D eigenvalue weighted by Gasteiger charge is 2.23. The fourth-order valence-electron chi connectivity index (χ4n) is 3.14. The Morgan fingerprint density at radius 1 is 1.09 bits per heavy atom. The van der Waals surface area contributed by atoms with Crippen molar-refractivity contribution in [3.8, 4) is 17.2 Å². The van der Waals surface area contributed by atoms with Gasteiger partial charge in [0.25, 0.3) is 15.9 Å². The van der Waals surface area contributed by atoms with Crippen LogP contribution in [0.1, 0.15) is 41.3 Å². The molecule has 0 heterocycles. The minimum atomic E-state index is -4.12. The molecule has 0 aliphatic carbocycles. The first-order valence-corrected chi connectivity index (χ1v) is 12.9. The van der Waals surface area contributed by atoms with Gasteiger partial charge in [-0.25, -0.2) is 13.1 Å². The van der Waals surface area contributed by atoms with E-state index in [1.165, 1.54) is 18.2 Å². The molecule has 0 unspecified atom stereocenters. The van der Waals surface area contributed by atoms with Crippen LogP contribution in [0.2, 0.25) is 0 Å². The zero-order valence-corrected chi connectivity index (χ0v) is 21.8. The Morgan fingerprint density at radius 2 is 1.73 bits per heavy atom. The average molecular weight is 598 g/mol. The van der Waals surface area contributed by atoms with Gasteiger partial charge >= 0.3 is 0 Å². The predicted molar refractivity (Wildman–Crippen MR) is 133 cm³/mol. The molecule has 3 aromatic carbocycles. The maximum Gasteiger partial charge on any atom is 0.265 e. The summed E-state index contributed by atoms with van der Waals surface area (Å²) in [4.78, 5) is 12.7. The molecule has 0 aliphatic rings. The van der Waals surface area contributed by atoms with Crippen LogP contribution in [0, 0.1) is 0 Å². The molecule has 174 valence electrons. The topological polar surface area (TPSA) is 119 Å². The number of carbonyl (C=O) groups excluding carboxylic acids is 1. The van der Waals surface area contributed by atoms with Crippen molar-refractivity contribution in [2.24, 2.45) is 5.73 Å². The molecule has 0 radical (unpaired) electrons. The summed E-state index contributed by atoms with van der Waals surface area (Å²) < 4.78 is 34.4. The molecule has 1 amide bonds. The number of hydrogen-bond acceptors (Lipinski definition) is 6. The summed E-state index contributed by atoms with van der Waals surface area (Å²) >= 11 is 6.77. The highest BCUT2D eigenvalue weighted by atomic mass is 79.9. The van der Waals surface area contributed by atoms with Crippen LogP contribution in [0.3, 0.4) is 0 Å². The van der Waals surface area contributed by atoms with Crippen LogP contribution >= 0.6 is 31.9 Å². The van der Waals surface area contributed by atoms with Crippen molar-refractivity contribution < 1.29 is 23.1 Å². The molecule has 0 bridgehead atoms. The maximum absolute atomic E-state index is 12.7. The molecule has 0 aromatic heterocycles. The van der Waals surface area contributed by atoms with Crippen LogP contribution in [0.15, 0.2) is 68.4 Å². The Morgan fingerprint density at radius 3 is 2.33 bits per heavy atom. The average Bonchev–Trinajstić information content (AvgIpc) is 2.76. The van der Waals surface area contributed by atoms with E-state index in [1.54, 1.807) is 36.4 Å². The van der Waals surface area contributed by atoms with E-state index in [4.69, 9.17) is 10.5 Å². The number of rotatable bonds is 7. The van der Waals surface area contributed by atoms with Crippen LogP contribution in [0.5, 0.6) is 17.2 Å². The number of carbonyl (C=O) groups is 1. The lowest BCUT2D eigenvalue weighted by Crippen LogP contribution is -2.31. The zero-order chi connectivity index (χ0) is 24.3. The monoisotopic (exact) mass is 596 g/mol. The zero-order valence-electron chi connectivity index (χ0n) is 17.8. The lowest BCUT2D eigenvalue weighted by Gasteiger charge is -2.15. The minimum absolute atomic E-state index is 0.0180. The van der Waals surface area contributed by atoms with Crippen LogP contribution in [-0.2, 0) is 16.6 Å². The van der Waals surface area contributed by atoms with Gasteiger partial charge < -0.3 is 15.6 Å². The fourth-order valence-corrected chi connectivity index (χ4v) is 5.71. The predicted octanol–water partition coefficient (Wildman–Crippen LogP) is 5.41. The smallest absolute Gasteiger partial charge is 0.265 e. The molecule has 3 rings (SSSR count). The van der Waals surface area contributed by atoms with Gasteiger partial charge in [0.15, 0.2) is 5.75 Å². The first kappa shape index (κ1) is 25.2. The van der Waals surface area contributed by atoms with Gasteiger partial charge in [0.1, 0.15) is 11.5 Å². The Bertz CT molecular complexity index is 1290. The van der Waals surface area contributed by atoms with E-state index < -0.39 is 15.9 Å². The highest BCUT2D eigenvalue weighted by Crippen LogP contribution is 2.39. The van der Waals surface area contributed by atoms with Gasteiger partial charge in [-0.1, -0.05) is 32.0 Å². The molecular formula is C23H22Br2N2O5S. The lowest BCUT2D eigenvalue weighted by atomic mass is 10.0. The normalized spacial score (nSPS) is 11.5. The van der Waals surface area contributed by atoms with Crippen molar-refractivity contribution in [1.29, 1.82) is 0 Å². The Balaban J connectivity index is 1.87. The number of phenols is 1. The molecule has 10 heteroatoms. The van der Waals surface area contributed by atoms with E-state index in [0.29, 0.717) is 26.0 Å². The molecule has 0 spiro atoms. The van der Waals surface area contributed by atoms with Gasteiger partial charge in [-0.15, -0.1) is 0 Å². The van der Waals surface area contributed by atoms with Crippen molar-refractivity contribution in [1.82, 2.24) is 4.72 Å². The number of nitrogens with one attached hydrogen (secondary N) is 1. The van der Waals surface area contributed by atoms with Crippen molar-refractivity contribution >= 4 is 47.8 Å². The minimum Gasteiger partial charge on any atom is -0.508 e. The van der Waals surface area contributed by atoms with E-state index in [-0.39, 0.29) is 28.7 Å². The summed E-state index contributed by atoms with van der Waals surface area (Å²) in [5.74, 6) is 0.360. The molecule has 0 aliphatic heterocycles. The van der Waals surface area contributed by atoms with Gasteiger partial charge in [0.2, 0.25) is 0 Å². The van der Waals surface area contributed by atoms with E-state index >= 15 is 0 Å². The third kappa shape index (κ3) is 5.75. The number of aromatic hydroxyl groups is 1. The van der Waals surface area contributed by atoms with Crippen LogP contribution in [-0.4, -0.2) is 19.4 Å².